The number of thiophene rings is 1. The van der Waals surface area contributed by atoms with Crippen LogP contribution >= 0.6 is 11.3 Å². The minimum absolute atomic E-state index is 0.202. The van der Waals surface area contributed by atoms with E-state index in [1.54, 1.807) is 17.9 Å². The van der Waals surface area contributed by atoms with Crippen LogP contribution in [0, 0.1) is 0 Å². The smallest absolute Gasteiger partial charge is 0.328 e. The largest absolute Gasteiger partial charge is 0.497 e. The molecule has 27 heavy (non-hydrogen) atoms. The van der Waals surface area contributed by atoms with Gasteiger partial charge < -0.3 is 14.6 Å². The van der Waals surface area contributed by atoms with Crippen molar-refractivity contribution >= 4 is 27.9 Å². The third kappa shape index (κ3) is 3.63. The van der Waals surface area contributed by atoms with Crippen LogP contribution in [0.1, 0.15) is 0 Å². The first-order valence-corrected chi connectivity index (χ1v) is 9.90. The van der Waals surface area contributed by atoms with Crippen molar-refractivity contribution < 1.29 is 4.74 Å². The first kappa shape index (κ1) is 17.8. The molecule has 2 aromatic heterocycles. The van der Waals surface area contributed by atoms with Crippen molar-refractivity contribution in [1.29, 1.82) is 0 Å². The normalized spacial score (nSPS) is 15.4. The number of nitrogens with zero attached hydrogens (tertiary/aromatic N) is 3. The Labute approximate surface area is 160 Å². The fourth-order valence-corrected chi connectivity index (χ4v) is 4.20. The third-order valence-corrected chi connectivity index (χ3v) is 5.82. The van der Waals surface area contributed by atoms with E-state index >= 15 is 0 Å². The Kier molecular flexibility index (Phi) is 5.00. The number of rotatable bonds is 5. The van der Waals surface area contributed by atoms with E-state index in [2.05, 4.69) is 26.9 Å². The summed E-state index contributed by atoms with van der Waals surface area (Å²) in [5.74, 6) is 0.857. The van der Waals surface area contributed by atoms with Gasteiger partial charge in [-0.3, -0.25) is 14.3 Å². The van der Waals surface area contributed by atoms with Gasteiger partial charge in [0, 0.05) is 55.7 Å². The number of aromatic nitrogens is 2. The summed E-state index contributed by atoms with van der Waals surface area (Å²) in [5, 5.41) is 4.17. The minimum Gasteiger partial charge on any atom is -0.497 e. The summed E-state index contributed by atoms with van der Waals surface area (Å²) >= 11 is 1.42. The van der Waals surface area contributed by atoms with Crippen LogP contribution in [0.5, 0.6) is 5.75 Å². The topological polar surface area (TPSA) is 70.6 Å². The van der Waals surface area contributed by atoms with Gasteiger partial charge in [0.1, 0.15) is 5.75 Å². The lowest BCUT2D eigenvalue weighted by Gasteiger charge is -2.36. The second kappa shape index (κ2) is 7.58. The van der Waals surface area contributed by atoms with Crippen molar-refractivity contribution in [3.8, 4) is 5.75 Å². The lowest BCUT2D eigenvalue weighted by atomic mass is 10.2. The van der Waals surface area contributed by atoms with E-state index in [0.717, 1.165) is 31.9 Å². The van der Waals surface area contributed by atoms with Gasteiger partial charge in [-0.25, -0.2) is 4.79 Å². The highest BCUT2D eigenvalue weighted by molar-refractivity contribution is 7.09. The van der Waals surface area contributed by atoms with Gasteiger partial charge in [0.05, 0.1) is 18.0 Å². The molecule has 7 nitrogen and oxygen atoms in total. The predicted molar refractivity (Wildman–Crippen MR) is 108 cm³/mol. The minimum atomic E-state index is -0.331. The van der Waals surface area contributed by atoms with Gasteiger partial charge in [-0.05, 0) is 24.3 Å². The van der Waals surface area contributed by atoms with Gasteiger partial charge >= 0.3 is 5.69 Å². The van der Waals surface area contributed by atoms with E-state index in [0.29, 0.717) is 24.0 Å². The van der Waals surface area contributed by atoms with E-state index < -0.39 is 0 Å². The molecule has 4 rings (SSSR count). The summed E-state index contributed by atoms with van der Waals surface area (Å²) < 4.78 is 6.52. The average molecular weight is 386 g/mol. The highest BCUT2D eigenvalue weighted by Gasteiger charge is 2.18. The molecule has 3 heterocycles. The summed E-state index contributed by atoms with van der Waals surface area (Å²) in [7, 11) is 1.67. The zero-order valence-corrected chi connectivity index (χ0v) is 16.0. The molecule has 1 fully saturated rings. The van der Waals surface area contributed by atoms with Crippen molar-refractivity contribution in [3.63, 3.8) is 0 Å². The van der Waals surface area contributed by atoms with E-state index in [4.69, 9.17) is 4.74 Å². The van der Waals surface area contributed by atoms with Crippen LogP contribution in [0.3, 0.4) is 0 Å². The second-order valence-corrected chi connectivity index (χ2v) is 7.36. The summed E-state index contributed by atoms with van der Waals surface area (Å²) in [6.07, 6.45) is 0. The first-order valence-electron chi connectivity index (χ1n) is 8.96. The molecule has 1 aromatic carbocycles. The van der Waals surface area contributed by atoms with Crippen LogP contribution in [-0.4, -0.2) is 54.3 Å². The summed E-state index contributed by atoms with van der Waals surface area (Å²) in [6.45, 7) is 4.73. The van der Waals surface area contributed by atoms with E-state index in [1.807, 2.05) is 12.1 Å². The third-order valence-electron chi connectivity index (χ3n) is 5.07. The maximum absolute atomic E-state index is 12.5. The maximum Gasteiger partial charge on any atom is 0.328 e. The van der Waals surface area contributed by atoms with Crippen LogP contribution in [0.25, 0.3) is 10.9 Å². The molecule has 0 unspecified atom stereocenters. The van der Waals surface area contributed by atoms with E-state index in [-0.39, 0.29) is 11.2 Å². The number of H-pyrrole nitrogens is 1. The lowest BCUT2D eigenvalue weighted by Crippen LogP contribution is -2.48. The molecule has 0 atom stereocenters. The fourth-order valence-electron chi connectivity index (χ4n) is 3.45. The molecule has 1 N–H and O–H groups in total. The zero-order chi connectivity index (χ0) is 18.8. The van der Waals surface area contributed by atoms with Crippen molar-refractivity contribution in [2.24, 2.45) is 0 Å². The van der Waals surface area contributed by atoms with E-state index in [1.165, 1.54) is 21.6 Å². The molecule has 0 bridgehead atoms. The first-order chi connectivity index (χ1) is 13.2. The highest BCUT2D eigenvalue weighted by atomic mass is 32.1. The highest BCUT2D eigenvalue weighted by Crippen LogP contribution is 2.20. The monoisotopic (exact) mass is 386 g/mol. The number of piperazine rings is 1. The van der Waals surface area contributed by atoms with Crippen LogP contribution < -0.4 is 20.9 Å². The van der Waals surface area contributed by atoms with Crippen LogP contribution in [0.4, 0.5) is 5.69 Å². The number of fused-ring (bicyclic) bond motifs is 1. The number of ether oxygens (including phenoxy) is 1. The molecular formula is C19H22N4O3S. The van der Waals surface area contributed by atoms with Crippen molar-refractivity contribution in [1.82, 2.24) is 14.5 Å². The molecule has 142 valence electrons. The van der Waals surface area contributed by atoms with Crippen LogP contribution in [-0.2, 0) is 6.54 Å². The summed E-state index contributed by atoms with van der Waals surface area (Å²) in [5.41, 5.74) is 1.28. The standard InChI is InChI=1S/C19H22N4O3S/c1-26-15-4-2-14(3-5-15)22-9-6-21(7-10-22)8-11-23-18(24)16-12-27-13-17(16)20-19(23)25/h2-5,12-13H,6-11H2,1H3,(H,20,25). The second-order valence-electron chi connectivity index (χ2n) is 6.61. The summed E-state index contributed by atoms with van der Waals surface area (Å²) in [4.78, 5) is 32.1. The number of methoxy groups -OCH3 is 1. The Bertz CT molecular complexity index is 1030. The molecule has 0 saturated carbocycles. The Morgan fingerprint density at radius 1 is 1.04 bits per heavy atom. The fraction of sp³-hybridized carbons (Fsp3) is 0.368. The number of aromatic amines is 1. The Morgan fingerprint density at radius 2 is 1.78 bits per heavy atom. The van der Waals surface area contributed by atoms with Crippen molar-refractivity contribution in [3.05, 3.63) is 55.9 Å². The van der Waals surface area contributed by atoms with Gasteiger partial charge in [0.15, 0.2) is 0 Å². The molecule has 1 saturated heterocycles. The van der Waals surface area contributed by atoms with Gasteiger partial charge in [0.25, 0.3) is 5.56 Å². The molecular weight excluding hydrogens is 364 g/mol. The Morgan fingerprint density at radius 3 is 2.48 bits per heavy atom. The molecule has 0 amide bonds. The van der Waals surface area contributed by atoms with Crippen molar-refractivity contribution in [2.75, 3.05) is 44.7 Å². The maximum atomic E-state index is 12.5. The molecule has 0 spiro atoms. The van der Waals surface area contributed by atoms with Crippen LogP contribution in [0.2, 0.25) is 0 Å². The lowest BCUT2D eigenvalue weighted by molar-refractivity contribution is 0.246. The molecule has 8 heteroatoms. The molecule has 1 aliphatic rings. The number of nitrogens with one attached hydrogen (secondary N) is 1. The van der Waals surface area contributed by atoms with E-state index in [9.17, 15) is 9.59 Å². The van der Waals surface area contributed by atoms with Gasteiger partial charge in [-0.1, -0.05) is 0 Å². The number of hydrogen-bond acceptors (Lipinski definition) is 6. The molecule has 0 aliphatic carbocycles. The average Bonchev–Trinajstić information content (AvgIpc) is 3.17. The zero-order valence-electron chi connectivity index (χ0n) is 15.2. The SMILES string of the molecule is COc1ccc(N2CCN(CCn3c(=O)[nH]c4cscc4c3=O)CC2)cc1. The molecule has 0 radical (unpaired) electrons. The van der Waals surface area contributed by atoms with Gasteiger partial charge in [-0.15, -0.1) is 11.3 Å². The quantitative estimate of drug-likeness (QED) is 0.721. The molecule has 1 aliphatic heterocycles. The number of hydrogen-bond donors (Lipinski definition) is 1. The predicted octanol–water partition coefficient (Wildman–Crippen LogP) is 1.58. The Hall–Kier alpha value is -2.58. The van der Waals surface area contributed by atoms with Gasteiger partial charge in [-0.2, -0.15) is 0 Å². The molecule has 3 aromatic rings. The van der Waals surface area contributed by atoms with Crippen molar-refractivity contribution in [2.45, 2.75) is 6.54 Å². The summed E-state index contributed by atoms with van der Waals surface area (Å²) in [6, 6.07) is 8.09. The number of benzene rings is 1. The number of anilines is 1. The Balaban J connectivity index is 1.37. The van der Waals surface area contributed by atoms with Crippen LogP contribution in [0.15, 0.2) is 44.6 Å². The van der Waals surface area contributed by atoms with Gasteiger partial charge in [0.2, 0.25) is 0 Å².